The lowest BCUT2D eigenvalue weighted by Crippen LogP contribution is -2.48. The van der Waals surface area contributed by atoms with E-state index in [0.29, 0.717) is 42.6 Å². The van der Waals surface area contributed by atoms with Crippen molar-refractivity contribution in [2.75, 3.05) is 32.9 Å². The van der Waals surface area contributed by atoms with Crippen LogP contribution >= 0.6 is 23.2 Å². The van der Waals surface area contributed by atoms with Crippen LogP contribution in [0.15, 0.2) is 47.6 Å². The molecule has 192 valence electrons. The van der Waals surface area contributed by atoms with Crippen LogP contribution in [0.2, 0.25) is 10.0 Å². The zero-order valence-electron chi connectivity index (χ0n) is 20.0. The summed E-state index contributed by atoms with van der Waals surface area (Å²) < 4.78 is 10.9. The van der Waals surface area contributed by atoms with Gasteiger partial charge in [0, 0.05) is 18.1 Å². The van der Waals surface area contributed by atoms with Gasteiger partial charge in [0.05, 0.1) is 30.0 Å². The van der Waals surface area contributed by atoms with E-state index in [-0.39, 0.29) is 29.0 Å². The normalized spacial score (nSPS) is 14.5. The first-order valence-electron chi connectivity index (χ1n) is 11.4. The molecule has 9 nitrogen and oxygen atoms in total. The number of morpholine rings is 1. The SMILES string of the molecule is CC(C)C(NC(=O)c1ccc(Cl)cc1Cl)C(=O)N/N=C\c1cccc(OCC(=O)N2CCOCC2)c1. The fourth-order valence-electron chi connectivity index (χ4n) is 3.40. The van der Waals surface area contributed by atoms with Gasteiger partial charge in [0.15, 0.2) is 6.61 Å². The van der Waals surface area contributed by atoms with E-state index in [1.54, 1.807) is 49.1 Å². The van der Waals surface area contributed by atoms with Crippen molar-refractivity contribution in [3.8, 4) is 5.75 Å². The number of benzene rings is 2. The molecule has 1 heterocycles. The van der Waals surface area contributed by atoms with E-state index in [9.17, 15) is 14.4 Å². The number of ether oxygens (including phenoxy) is 2. The van der Waals surface area contributed by atoms with Crippen molar-refractivity contribution < 1.29 is 23.9 Å². The Labute approximate surface area is 219 Å². The van der Waals surface area contributed by atoms with Crippen LogP contribution in [-0.4, -0.2) is 67.8 Å². The minimum Gasteiger partial charge on any atom is -0.484 e. The fraction of sp³-hybridized carbons (Fsp3) is 0.360. The number of amides is 3. The summed E-state index contributed by atoms with van der Waals surface area (Å²) in [7, 11) is 0. The number of hydrazone groups is 1. The summed E-state index contributed by atoms with van der Waals surface area (Å²) in [4.78, 5) is 39.3. The number of hydrogen-bond acceptors (Lipinski definition) is 6. The number of nitrogens with zero attached hydrogens (tertiary/aromatic N) is 2. The van der Waals surface area contributed by atoms with E-state index in [1.807, 2.05) is 0 Å². The van der Waals surface area contributed by atoms with Gasteiger partial charge in [0.25, 0.3) is 17.7 Å². The molecule has 1 aliphatic heterocycles. The van der Waals surface area contributed by atoms with Crippen molar-refractivity contribution >= 4 is 47.1 Å². The average molecular weight is 535 g/mol. The van der Waals surface area contributed by atoms with Crippen LogP contribution in [0.25, 0.3) is 0 Å². The van der Waals surface area contributed by atoms with E-state index in [4.69, 9.17) is 32.7 Å². The number of carbonyl (C=O) groups is 3. The topological polar surface area (TPSA) is 109 Å². The Morgan fingerprint density at radius 1 is 1.14 bits per heavy atom. The highest BCUT2D eigenvalue weighted by molar-refractivity contribution is 6.36. The molecule has 1 saturated heterocycles. The second-order valence-corrected chi connectivity index (χ2v) is 9.25. The molecule has 1 fully saturated rings. The molecule has 0 saturated carbocycles. The minimum absolute atomic E-state index is 0.0786. The highest BCUT2D eigenvalue weighted by Gasteiger charge is 2.25. The van der Waals surface area contributed by atoms with Crippen molar-refractivity contribution in [1.29, 1.82) is 0 Å². The molecule has 1 unspecified atom stereocenters. The van der Waals surface area contributed by atoms with Crippen LogP contribution in [0.1, 0.15) is 29.8 Å². The fourth-order valence-corrected chi connectivity index (χ4v) is 3.90. The van der Waals surface area contributed by atoms with Crippen LogP contribution in [0.5, 0.6) is 5.75 Å². The minimum atomic E-state index is -0.845. The average Bonchev–Trinajstić information content (AvgIpc) is 2.86. The van der Waals surface area contributed by atoms with Crippen molar-refractivity contribution in [2.24, 2.45) is 11.0 Å². The maximum Gasteiger partial charge on any atom is 0.262 e. The van der Waals surface area contributed by atoms with Gasteiger partial charge in [0.2, 0.25) is 0 Å². The van der Waals surface area contributed by atoms with Crippen molar-refractivity contribution in [3.05, 3.63) is 63.6 Å². The molecule has 36 heavy (non-hydrogen) atoms. The molecular formula is C25H28Cl2N4O5. The molecule has 11 heteroatoms. The van der Waals surface area contributed by atoms with E-state index in [2.05, 4.69) is 15.8 Å². The monoisotopic (exact) mass is 534 g/mol. The highest BCUT2D eigenvalue weighted by atomic mass is 35.5. The predicted octanol–water partition coefficient (Wildman–Crippen LogP) is 3.14. The van der Waals surface area contributed by atoms with Gasteiger partial charge in [-0.1, -0.05) is 49.2 Å². The Hall–Kier alpha value is -3.14. The molecule has 1 aliphatic rings. The first-order valence-corrected chi connectivity index (χ1v) is 12.2. The number of rotatable bonds is 9. The second-order valence-electron chi connectivity index (χ2n) is 8.41. The second kappa shape index (κ2) is 13.2. The van der Waals surface area contributed by atoms with E-state index in [1.165, 1.54) is 18.3 Å². The van der Waals surface area contributed by atoms with Crippen molar-refractivity contribution in [2.45, 2.75) is 19.9 Å². The van der Waals surface area contributed by atoms with Gasteiger partial charge < -0.3 is 19.7 Å². The molecular weight excluding hydrogens is 507 g/mol. The highest BCUT2D eigenvalue weighted by Crippen LogP contribution is 2.21. The molecule has 0 radical (unpaired) electrons. The van der Waals surface area contributed by atoms with Gasteiger partial charge in [-0.3, -0.25) is 14.4 Å². The summed E-state index contributed by atoms with van der Waals surface area (Å²) >= 11 is 12.0. The van der Waals surface area contributed by atoms with Crippen LogP contribution < -0.4 is 15.5 Å². The van der Waals surface area contributed by atoms with Gasteiger partial charge in [-0.05, 0) is 41.8 Å². The third-order valence-corrected chi connectivity index (χ3v) is 5.93. The van der Waals surface area contributed by atoms with E-state index >= 15 is 0 Å². The van der Waals surface area contributed by atoms with Crippen LogP contribution in [-0.2, 0) is 14.3 Å². The number of nitrogens with one attached hydrogen (secondary N) is 2. The first-order chi connectivity index (χ1) is 17.2. The number of hydrogen-bond donors (Lipinski definition) is 2. The van der Waals surface area contributed by atoms with E-state index < -0.39 is 17.9 Å². The molecule has 3 amide bonds. The van der Waals surface area contributed by atoms with Gasteiger partial charge in [-0.2, -0.15) is 5.10 Å². The number of halogens is 2. The smallest absolute Gasteiger partial charge is 0.262 e. The molecule has 2 N–H and O–H groups in total. The lowest BCUT2D eigenvalue weighted by molar-refractivity contribution is -0.137. The standard InChI is InChI=1S/C25H28Cl2N4O5/c1-16(2)23(29-24(33)20-7-6-18(26)13-21(20)27)25(34)30-28-14-17-4-3-5-19(12-17)36-15-22(32)31-8-10-35-11-9-31/h3-7,12-14,16,23H,8-11,15H2,1-2H3,(H,29,33)(H,30,34)/b28-14-. The Balaban J connectivity index is 1.55. The maximum atomic E-state index is 12.7. The van der Waals surface area contributed by atoms with Crippen LogP contribution in [0.4, 0.5) is 0 Å². The zero-order valence-corrected chi connectivity index (χ0v) is 21.5. The lowest BCUT2D eigenvalue weighted by atomic mass is 10.0. The summed E-state index contributed by atoms with van der Waals surface area (Å²) in [6.45, 7) is 5.69. The molecule has 2 aromatic carbocycles. The Morgan fingerprint density at radius 2 is 1.89 bits per heavy atom. The van der Waals surface area contributed by atoms with Crippen LogP contribution in [0, 0.1) is 5.92 Å². The summed E-state index contributed by atoms with van der Waals surface area (Å²) in [5.41, 5.74) is 3.33. The third-order valence-electron chi connectivity index (χ3n) is 5.38. The maximum absolute atomic E-state index is 12.7. The predicted molar refractivity (Wildman–Crippen MR) is 138 cm³/mol. The molecule has 2 aromatic rings. The number of carbonyl (C=O) groups excluding carboxylic acids is 3. The van der Waals surface area contributed by atoms with Crippen molar-refractivity contribution in [3.63, 3.8) is 0 Å². The van der Waals surface area contributed by atoms with Gasteiger partial charge in [-0.15, -0.1) is 0 Å². The third kappa shape index (κ3) is 7.94. The Bertz CT molecular complexity index is 1120. The zero-order chi connectivity index (χ0) is 26.1. The summed E-state index contributed by atoms with van der Waals surface area (Å²) in [5.74, 6) is -0.796. The Kier molecular flexibility index (Phi) is 10.1. The summed E-state index contributed by atoms with van der Waals surface area (Å²) in [6, 6.07) is 10.6. The van der Waals surface area contributed by atoms with Crippen LogP contribution in [0.3, 0.4) is 0 Å². The summed E-state index contributed by atoms with van der Waals surface area (Å²) in [5, 5.41) is 7.28. The molecule has 3 rings (SSSR count). The van der Waals surface area contributed by atoms with Gasteiger partial charge >= 0.3 is 0 Å². The first kappa shape index (κ1) is 27.4. The molecule has 0 aromatic heterocycles. The van der Waals surface area contributed by atoms with E-state index in [0.717, 1.165) is 0 Å². The quantitative estimate of drug-likeness (QED) is 0.379. The summed E-state index contributed by atoms with van der Waals surface area (Å²) in [6.07, 6.45) is 1.45. The van der Waals surface area contributed by atoms with Gasteiger partial charge in [0.1, 0.15) is 11.8 Å². The molecule has 0 spiro atoms. The lowest BCUT2D eigenvalue weighted by Gasteiger charge is -2.26. The molecule has 0 bridgehead atoms. The molecule has 0 aliphatic carbocycles. The van der Waals surface area contributed by atoms with Gasteiger partial charge in [-0.25, -0.2) is 5.43 Å². The molecule has 1 atom stereocenters. The largest absolute Gasteiger partial charge is 0.484 e. The van der Waals surface area contributed by atoms with Crippen molar-refractivity contribution in [1.82, 2.24) is 15.6 Å². The Morgan fingerprint density at radius 3 is 2.58 bits per heavy atom.